The van der Waals surface area contributed by atoms with Gasteiger partial charge < -0.3 is 5.32 Å². The van der Waals surface area contributed by atoms with E-state index in [9.17, 15) is 0 Å². The second-order valence-corrected chi connectivity index (χ2v) is 2.91. The largest absolute Gasteiger partial charge is 0.385 e. The van der Waals surface area contributed by atoms with E-state index in [0.29, 0.717) is 0 Å². The predicted molar refractivity (Wildman–Crippen MR) is 72.0 cm³/mol. The van der Waals surface area contributed by atoms with Gasteiger partial charge in [-0.05, 0) is 32.3 Å². The van der Waals surface area contributed by atoms with Crippen LogP contribution in [-0.4, -0.2) is 6.54 Å². The molecule has 0 spiro atoms. The number of rotatable bonds is 6. The van der Waals surface area contributed by atoms with E-state index >= 15 is 0 Å². The Labute approximate surface area is 96.0 Å². The molecule has 0 rings (SSSR count). The van der Waals surface area contributed by atoms with Crippen LogP contribution >= 0.6 is 0 Å². The summed E-state index contributed by atoms with van der Waals surface area (Å²) in [6, 6.07) is 0. The van der Waals surface area contributed by atoms with Crippen LogP contribution in [-0.2, 0) is 0 Å². The number of hydrogen-bond acceptors (Lipinski definition) is 1. The van der Waals surface area contributed by atoms with E-state index in [1.165, 1.54) is 11.3 Å². The van der Waals surface area contributed by atoms with E-state index in [2.05, 4.69) is 44.0 Å². The lowest BCUT2D eigenvalue weighted by molar-refractivity contribution is 0.842. The van der Waals surface area contributed by atoms with E-state index in [1.54, 1.807) is 0 Å². The van der Waals surface area contributed by atoms with E-state index in [4.69, 9.17) is 0 Å². The highest BCUT2D eigenvalue weighted by molar-refractivity contribution is 5.26. The standard InChI is InChI=1S/C12H21N.C2H6/c1-5-8-9-10-12(13-7-3)11(4)6-2;1-2/h5,8,10,13H,4,6-7,9H2,1-3H3;1-2H3/b8-5-,12-10+;. The zero-order chi connectivity index (χ0) is 12.1. The Balaban J connectivity index is 0. The highest BCUT2D eigenvalue weighted by atomic mass is 14.9. The Morgan fingerprint density at radius 2 is 1.87 bits per heavy atom. The van der Waals surface area contributed by atoms with Crippen LogP contribution < -0.4 is 5.32 Å². The first-order valence-electron chi connectivity index (χ1n) is 5.99. The van der Waals surface area contributed by atoms with E-state index in [0.717, 1.165) is 19.4 Å². The van der Waals surface area contributed by atoms with Crippen LogP contribution in [0.3, 0.4) is 0 Å². The van der Waals surface area contributed by atoms with Crippen molar-refractivity contribution >= 4 is 0 Å². The molecule has 0 aliphatic rings. The Morgan fingerprint density at radius 3 is 2.27 bits per heavy atom. The minimum absolute atomic E-state index is 0.959. The van der Waals surface area contributed by atoms with Gasteiger partial charge >= 0.3 is 0 Å². The fourth-order valence-corrected chi connectivity index (χ4v) is 1.04. The zero-order valence-corrected chi connectivity index (χ0v) is 11.1. The van der Waals surface area contributed by atoms with Gasteiger partial charge in [-0.1, -0.05) is 45.6 Å². The van der Waals surface area contributed by atoms with E-state index < -0.39 is 0 Å². The molecule has 0 saturated heterocycles. The van der Waals surface area contributed by atoms with Crippen molar-refractivity contribution in [2.75, 3.05) is 6.54 Å². The average Bonchev–Trinajstić information content (AvgIpc) is 2.30. The van der Waals surface area contributed by atoms with Crippen molar-refractivity contribution in [1.82, 2.24) is 5.32 Å². The fourth-order valence-electron chi connectivity index (χ4n) is 1.04. The summed E-state index contributed by atoms with van der Waals surface area (Å²) in [6.45, 7) is 15.2. The summed E-state index contributed by atoms with van der Waals surface area (Å²) in [7, 11) is 0. The van der Waals surface area contributed by atoms with Gasteiger partial charge in [-0.15, -0.1) is 0 Å². The van der Waals surface area contributed by atoms with Crippen molar-refractivity contribution in [3.8, 4) is 0 Å². The number of nitrogens with one attached hydrogen (secondary N) is 1. The monoisotopic (exact) mass is 209 g/mol. The first-order chi connectivity index (χ1) is 7.26. The van der Waals surface area contributed by atoms with Crippen LogP contribution in [0.5, 0.6) is 0 Å². The van der Waals surface area contributed by atoms with Crippen LogP contribution in [0.4, 0.5) is 0 Å². The van der Waals surface area contributed by atoms with Crippen molar-refractivity contribution in [3.63, 3.8) is 0 Å². The minimum atomic E-state index is 0.959. The SMILES string of the molecule is C=C(CC)/C(=C\C/C=C\C)NCC.CC. The summed E-state index contributed by atoms with van der Waals surface area (Å²) in [4.78, 5) is 0. The third kappa shape index (κ3) is 9.33. The second-order valence-electron chi connectivity index (χ2n) is 2.91. The smallest absolute Gasteiger partial charge is 0.0329 e. The molecule has 0 heterocycles. The molecule has 0 aromatic heterocycles. The molecular weight excluding hydrogens is 182 g/mol. The van der Waals surface area contributed by atoms with Crippen LogP contribution in [0.1, 0.15) is 47.5 Å². The molecule has 0 saturated carbocycles. The molecule has 0 bridgehead atoms. The summed E-state index contributed by atoms with van der Waals surface area (Å²) >= 11 is 0. The first kappa shape index (κ1) is 16.4. The van der Waals surface area contributed by atoms with Gasteiger partial charge in [0.25, 0.3) is 0 Å². The maximum absolute atomic E-state index is 4.02. The fraction of sp³-hybridized carbons (Fsp3) is 0.571. The summed E-state index contributed by atoms with van der Waals surface area (Å²) in [5.74, 6) is 0. The van der Waals surface area contributed by atoms with Crippen LogP contribution in [0.15, 0.2) is 36.1 Å². The molecular formula is C14H27N. The molecule has 0 amide bonds. The summed E-state index contributed by atoms with van der Waals surface area (Å²) < 4.78 is 0. The topological polar surface area (TPSA) is 12.0 Å². The highest BCUT2D eigenvalue weighted by Crippen LogP contribution is 2.09. The van der Waals surface area contributed by atoms with Gasteiger partial charge in [0.05, 0.1) is 0 Å². The van der Waals surface area contributed by atoms with Gasteiger partial charge in [-0.3, -0.25) is 0 Å². The van der Waals surface area contributed by atoms with Gasteiger partial charge in [0.2, 0.25) is 0 Å². The predicted octanol–water partition coefficient (Wildman–Crippen LogP) is 4.44. The molecule has 0 unspecified atom stereocenters. The molecule has 1 N–H and O–H groups in total. The number of likely N-dealkylation sites (N-methyl/N-ethyl adjacent to an activating group) is 1. The van der Waals surface area contributed by atoms with Crippen molar-refractivity contribution < 1.29 is 0 Å². The Kier molecular flexibility index (Phi) is 14.3. The van der Waals surface area contributed by atoms with Crippen molar-refractivity contribution in [2.45, 2.75) is 47.5 Å². The normalized spacial score (nSPS) is 10.9. The molecule has 0 atom stereocenters. The Bertz CT molecular complexity index is 199. The molecule has 15 heavy (non-hydrogen) atoms. The van der Waals surface area contributed by atoms with Gasteiger partial charge in [-0.25, -0.2) is 0 Å². The molecule has 0 aromatic rings. The summed E-state index contributed by atoms with van der Waals surface area (Å²) in [5.41, 5.74) is 2.38. The van der Waals surface area contributed by atoms with Gasteiger partial charge in [0, 0.05) is 12.2 Å². The summed E-state index contributed by atoms with van der Waals surface area (Å²) in [5, 5.41) is 3.32. The maximum atomic E-state index is 4.02. The summed E-state index contributed by atoms with van der Waals surface area (Å²) in [6.07, 6.45) is 8.39. The molecule has 0 fully saturated rings. The number of allylic oxidation sites excluding steroid dienone is 4. The molecule has 1 heteroatoms. The minimum Gasteiger partial charge on any atom is -0.385 e. The first-order valence-corrected chi connectivity index (χ1v) is 5.99. The third-order valence-corrected chi connectivity index (χ3v) is 1.87. The van der Waals surface area contributed by atoms with Gasteiger partial charge in [0.15, 0.2) is 0 Å². The molecule has 1 nitrogen and oxygen atoms in total. The maximum Gasteiger partial charge on any atom is 0.0329 e. The third-order valence-electron chi connectivity index (χ3n) is 1.87. The highest BCUT2D eigenvalue weighted by Gasteiger charge is 1.96. The zero-order valence-electron chi connectivity index (χ0n) is 11.1. The second kappa shape index (κ2) is 13.0. The number of hydrogen-bond donors (Lipinski definition) is 1. The van der Waals surface area contributed by atoms with Crippen LogP contribution in [0.2, 0.25) is 0 Å². The average molecular weight is 209 g/mol. The van der Waals surface area contributed by atoms with E-state index in [1.807, 2.05) is 20.8 Å². The van der Waals surface area contributed by atoms with Crippen LogP contribution in [0.25, 0.3) is 0 Å². The molecule has 0 radical (unpaired) electrons. The Morgan fingerprint density at radius 1 is 1.27 bits per heavy atom. The molecule has 0 aliphatic heterocycles. The lowest BCUT2D eigenvalue weighted by Gasteiger charge is -2.09. The lowest BCUT2D eigenvalue weighted by atomic mass is 10.1. The van der Waals surface area contributed by atoms with Gasteiger partial charge in [-0.2, -0.15) is 0 Å². The van der Waals surface area contributed by atoms with Crippen molar-refractivity contribution in [2.24, 2.45) is 0 Å². The molecule has 0 aromatic carbocycles. The molecule has 88 valence electrons. The quantitative estimate of drug-likeness (QED) is 0.504. The van der Waals surface area contributed by atoms with Crippen molar-refractivity contribution in [3.05, 3.63) is 36.1 Å². The van der Waals surface area contributed by atoms with E-state index in [-0.39, 0.29) is 0 Å². The van der Waals surface area contributed by atoms with Crippen LogP contribution in [0, 0.1) is 0 Å². The lowest BCUT2D eigenvalue weighted by Crippen LogP contribution is -2.13. The Hall–Kier alpha value is -0.980. The van der Waals surface area contributed by atoms with Crippen molar-refractivity contribution in [1.29, 1.82) is 0 Å². The molecule has 0 aliphatic carbocycles. The van der Waals surface area contributed by atoms with Gasteiger partial charge in [0.1, 0.15) is 0 Å².